The number of carbonyl (C=O) groups is 1. The second kappa shape index (κ2) is 8.07. The third-order valence-corrected chi connectivity index (χ3v) is 3.18. The van der Waals surface area contributed by atoms with E-state index in [9.17, 15) is 4.79 Å². The maximum Gasteiger partial charge on any atom is 0.162 e. The first-order chi connectivity index (χ1) is 8.63. The molecular formula is C17H26O. The number of carbonyl (C=O) groups excluding carboxylic acids is 1. The van der Waals surface area contributed by atoms with Crippen LogP contribution < -0.4 is 0 Å². The van der Waals surface area contributed by atoms with Gasteiger partial charge in [0.2, 0.25) is 0 Å². The summed E-state index contributed by atoms with van der Waals surface area (Å²) in [4.78, 5) is 11.9. The lowest BCUT2D eigenvalue weighted by molar-refractivity contribution is 0.0979. The van der Waals surface area contributed by atoms with Gasteiger partial charge in [0, 0.05) is 12.0 Å². The van der Waals surface area contributed by atoms with Gasteiger partial charge in [-0.15, -0.1) is 0 Å². The SMILES string of the molecule is CCCCCCC(=O)c1ccc(CC(C)C)cc1. The highest BCUT2D eigenvalue weighted by Gasteiger charge is 2.05. The second-order valence-electron chi connectivity index (χ2n) is 5.53. The van der Waals surface area contributed by atoms with Gasteiger partial charge in [-0.1, -0.05) is 64.3 Å². The molecule has 0 aliphatic carbocycles. The van der Waals surface area contributed by atoms with E-state index in [1.807, 2.05) is 12.1 Å². The minimum atomic E-state index is 0.294. The Hall–Kier alpha value is -1.11. The first-order valence-corrected chi connectivity index (χ1v) is 7.25. The van der Waals surface area contributed by atoms with Crippen molar-refractivity contribution in [2.75, 3.05) is 0 Å². The Labute approximate surface area is 112 Å². The quantitative estimate of drug-likeness (QED) is 0.464. The number of unbranched alkanes of at least 4 members (excludes halogenated alkanes) is 3. The molecule has 0 saturated carbocycles. The maximum atomic E-state index is 11.9. The van der Waals surface area contributed by atoms with Crippen LogP contribution in [0.3, 0.4) is 0 Å². The second-order valence-corrected chi connectivity index (χ2v) is 5.53. The van der Waals surface area contributed by atoms with E-state index in [0.717, 1.165) is 18.4 Å². The van der Waals surface area contributed by atoms with Crippen molar-refractivity contribution >= 4 is 5.78 Å². The molecule has 0 aliphatic heterocycles. The molecule has 0 atom stereocenters. The molecule has 100 valence electrons. The number of hydrogen-bond donors (Lipinski definition) is 0. The van der Waals surface area contributed by atoms with Gasteiger partial charge < -0.3 is 0 Å². The fourth-order valence-electron chi connectivity index (χ4n) is 2.15. The minimum Gasteiger partial charge on any atom is -0.294 e. The van der Waals surface area contributed by atoms with Gasteiger partial charge in [-0.05, 0) is 24.3 Å². The minimum absolute atomic E-state index is 0.294. The molecule has 0 heterocycles. The summed E-state index contributed by atoms with van der Waals surface area (Å²) in [6.45, 7) is 6.62. The molecule has 18 heavy (non-hydrogen) atoms. The zero-order valence-electron chi connectivity index (χ0n) is 12.0. The van der Waals surface area contributed by atoms with Crippen LogP contribution in [0.4, 0.5) is 0 Å². The monoisotopic (exact) mass is 246 g/mol. The Bertz CT molecular complexity index is 348. The molecule has 0 aromatic heterocycles. The van der Waals surface area contributed by atoms with Gasteiger partial charge in [0.25, 0.3) is 0 Å². The lowest BCUT2D eigenvalue weighted by Crippen LogP contribution is -2.00. The van der Waals surface area contributed by atoms with Crippen LogP contribution in [-0.4, -0.2) is 5.78 Å². The predicted molar refractivity (Wildman–Crippen MR) is 78.1 cm³/mol. The molecule has 1 nitrogen and oxygen atoms in total. The average molecular weight is 246 g/mol. The van der Waals surface area contributed by atoms with E-state index in [2.05, 4.69) is 32.9 Å². The largest absolute Gasteiger partial charge is 0.294 e. The molecule has 0 N–H and O–H groups in total. The first kappa shape index (κ1) is 14.9. The van der Waals surface area contributed by atoms with E-state index < -0.39 is 0 Å². The summed E-state index contributed by atoms with van der Waals surface area (Å²) in [6, 6.07) is 8.16. The van der Waals surface area contributed by atoms with Crippen molar-refractivity contribution in [1.82, 2.24) is 0 Å². The number of hydrogen-bond acceptors (Lipinski definition) is 1. The molecule has 0 unspecified atom stereocenters. The van der Waals surface area contributed by atoms with E-state index in [0.29, 0.717) is 18.1 Å². The van der Waals surface area contributed by atoms with E-state index >= 15 is 0 Å². The lowest BCUT2D eigenvalue weighted by atomic mass is 9.99. The average Bonchev–Trinajstić information content (AvgIpc) is 2.34. The number of benzene rings is 1. The topological polar surface area (TPSA) is 17.1 Å². The molecule has 0 aliphatic rings. The fraction of sp³-hybridized carbons (Fsp3) is 0.588. The summed E-state index contributed by atoms with van der Waals surface area (Å²) in [5, 5.41) is 0. The fourth-order valence-corrected chi connectivity index (χ4v) is 2.15. The summed E-state index contributed by atoms with van der Waals surface area (Å²) in [6.07, 6.45) is 6.45. The Morgan fingerprint density at radius 1 is 1.06 bits per heavy atom. The molecule has 1 rings (SSSR count). The van der Waals surface area contributed by atoms with E-state index in [1.165, 1.54) is 24.8 Å². The van der Waals surface area contributed by atoms with E-state index in [1.54, 1.807) is 0 Å². The number of rotatable bonds is 8. The smallest absolute Gasteiger partial charge is 0.162 e. The van der Waals surface area contributed by atoms with Crippen molar-refractivity contribution in [1.29, 1.82) is 0 Å². The molecule has 1 aromatic rings. The molecular weight excluding hydrogens is 220 g/mol. The third-order valence-electron chi connectivity index (χ3n) is 3.18. The molecule has 1 heteroatoms. The summed E-state index contributed by atoms with van der Waals surface area (Å²) < 4.78 is 0. The standard InChI is InChI=1S/C17H26O/c1-4-5-6-7-8-17(18)16-11-9-15(10-12-16)13-14(2)3/h9-12,14H,4-8,13H2,1-3H3. The molecule has 0 radical (unpaired) electrons. The van der Waals surface area contributed by atoms with Crippen LogP contribution in [0.25, 0.3) is 0 Å². The summed E-state index contributed by atoms with van der Waals surface area (Å²) in [5.74, 6) is 0.961. The molecule has 0 amide bonds. The lowest BCUT2D eigenvalue weighted by Gasteiger charge is -2.06. The van der Waals surface area contributed by atoms with Gasteiger partial charge in [0.15, 0.2) is 5.78 Å². The van der Waals surface area contributed by atoms with Gasteiger partial charge >= 0.3 is 0 Å². The zero-order valence-corrected chi connectivity index (χ0v) is 12.0. The van der Waals surface area contributed by atoms with Crippen LogP contribution in [0.5, 0.6) is 0 Å². The predicted octanol–water partition coefficient (Wildman–Crippen LogP) is 5.04. The number of Topliss-reactive ketones (excluding diaryl/α,β-unsaturated/α-hetero) is 1. The van der Waals surface area contributed by atoms with Crippen molar-refractivity contribution in [2.24, 2.45) is 5.92 Å². The molecule has 0 spiro atoms. The van der Waals surface area contributed by atoms with Crippen LogP contribution in [0.15, 0.2) is 24.3 Å². The van der Waals surface area contributed by atoms with Crippen LogP contribution in [-0.2, 0) is 6.42 Å². The highest BCUT2D eigenvalue weighted by Crippen LogP contribution is 2.13. The van der Waals surface area contributed by atoms with Crippen molar-refractivity contribution in [2.45, 2.75) is 59.3 Å². The molecule has 0 bridgehead atoms. The summed E-state index contributed by atoms with van der Waals surface area (Å²) >= 11 is 0. The van der Waals surface area contributed by atoms with Crippen molar-refractivity contribution in [3.63, 3.8) is 0 Å². The van der Waals surface area contributed by atoms with Gasteiger partial charge in [-0.25, -0.2) is 0 Å². The van der Waals surface area contributed by atoms with Gasteiger partial charge in [0.05, 0.1) is 0 Å². The van der Waals surface area contributed by atoms with Crippen LogP contribution >= 0.6 is 0 Å². The molecule has 1 aromatic carbocycles. The Morgan fingerprint density at radius 2 is 1.72 bits per heavy atom. The Balaban J connectivity index is 2.43. The highest BCUT2D eigenvalue weighted by molar-refractivity contribution is 5.96. The van der Waals surface area contributed by atoms with Gasteiger partial charge in [0.1, 0.15) is 0 Å². The number of ketones is 1. The molecule has 0 fully saturated rings. The third kappa shape index (κ3) is 5.48. The van der Waals surface area contributed by atoms with Crippen LogP contribution in [0.2, 0.25) is 0 Å². The zero-order chi connectivity index (χ0) is 13.4. The van der Waals surface area contributed by atoms with Crippen molar-refractivity contribution in [3.8, 4) is 0 Å². The van der Waals surface area contributed by atoms with E-state index in [4.69, 9.17) is 0 Å². The van der Waals surface area contributed by atoms with Gasteiger partial charge in [-0.2, -0.15) is 0 Å². The van der Waals surface area contributed by atoms with Crippen molar-refractivity contribution < 1.29 is 4.79 Å². The van der Waals surface area contributed by atoms with Crippen LogP contribution in [0.1, 0.15) is 68.8 Å². The highest BCUT2D eigenvalue weighted by atomic mass is 16.1. The first-order valence-electron chi connectivity index (χ1n) is 7.25. The maximum absolute atomic E-state index is 11.9. The van der Waals surface area contributed by atoms with Crippen LogP contribution in [0, 0.1) is 5.92 Å². The summed E-state index contributed by atoms with van der Waals surface area (Å²) in [5.41, 5.74) is 2.20. The molecule has 0 saturated heterocycles. The van der Waals surface area contributed by atoms with Gasteiger partial charge in [-0.3, -0.25) is 4.79 Å². The Morgan fingerprint density at radius 3 is 2.28 bits per heavy atom. The van der Waals surface area contributed by atoms with E-state index in [-0.39, 0.29) is 0 Å². The summed E-state index contributed by atoms with van der Waals surface area (Å²) in [7, 11) is 0. The normalized spacial score (nSPS) is 10.9. The van der Waals surface area contributed by atoms with Crippen molar-refractivity contribution in [3.05, 3.63) is 35.4 Å². The Kier molecular flexibility index (Phi) is 6.70.